The summed E-state index contributed by atoms with van der Waals surface area (Å²) < 4.78 is 7.14. The molecule has 7 heteroatoms. The van der Waals surface area contributed by atoms with Crippen molar-refractivity contribution in [3.8, 4) is 5.82 Å². The second-order valence-electron chi connectivity index (χ2n) is 4.16. The minimum atomic E-state index is -0.367. The first kappa shape index (κ1) is 15.7. The quantitative estimate of drug-likeness (QED) is 0.609. The van der Waals surface area contributed by atoms with Crippen molar-refractivity contribution in [1.29, 1.82) is 0 Å². The third-order valence-corrected chi connectivity index (χ3v) is 3.29. The van der Waals surface area contributed by atoms with Gasteiger partial charge in [0.05, 0.1) is 17.3 Å². The maximum atomic E-state index is 11.7. The van der Waals surface area contributed by atoms with E-state index in [1.165, 1.54) is 0 Å². The molecule has 21 heavy (non-hydrogen) atoms. The average molecular weight is 371 g/mol. The summed E-state index contributed by atoms with van der Waals surface area (Å²) in [4.78, 5) is 15.9. The molecule has 0 radical (unpaired) electrons. The van der Waals surface area contributed by atoms with Crippen molar-refractivity contribution in [3.05, 3.63) is 45.3 Å². The lowest BCUT2D eigenvalue weighted by Crippen LogP contribution is -2.07. The van der Waals surface area contributed by atoms with Crippen LogP contribution in [0.25, 0.3) is 11.9 Å². The lowest BCUT2D eigenvalue weighted by atomic mass is 10.2. The third-order valence-electron chi connectivity index (χ3n) is 2.61. The highest BCUT2D eigenvalue weighted by molar-refractivity contribution is 9.10. The SMILES string of the molecule is CCOC(=O)/C(C)=C/c1cc(Br)nn1-c1ncccc1Cl. The summed E-state index contributed by atoms with van der Waals surface area (Å²) in [7, 11) is 0. The van der Waals surface area contributed by atoms with Gasteiger partial charge in [0, 0.05) is 11.8 Å². The molecule has 0 saturated heterocycles. The maximum Gasteiger partial charge on any atom is 0.333 e. The van der Waals surface area contributed by atoms with Gasteiger partial charge in [0.2, 0.25) is 0 Å². The van der Waals surface area contributed by atoms with Crippen LogP contribution in [0.5, 0.6) is 0 Å². The summed E-state index contributed by atoms with van der Waals surface area (Å²) in [6, 6.07) is 5.24. The highest BCUT2D eigenvalue weighted by Crippen LogP contribution is 2.22. The van der Waals surface area contributed by atoms with Gasteiger partial charge in [-0.1, -0.05) is 11.6 Å². The Labute approximate surface area is 135 Å². The van der Waals surface area contributed by atoms with Crippen molar-refractivity contribution < 1.29 is 9.53 Å². The number of carbonyl (C=O) groups excluding carboxylic acids is 1. The highest BCUT2D eigenvalue weighted by Gasteiger charge is 2.13. The molecule has 0 N–H and O–H groups in total. The number of hydrogen-bond acceptors (Lipinski definition) is 4. The fraction of sp³-hybridized carbons (Fsp3) is 0.214. The van der Waals surface area contributed by atoms with Gasteiger partial charge in [0.25, 0.3) is 0 Å². The van der Waals surface area contributed by atoms with E-state index in [4.69, 9.17) is 16.3 Å². The van der Waals surface area contributed by atoms with E-state index >= 15 is 0 Å². The lowest BCUT2D eigenvalue weighted by molar-refractivity contribution is -0.138. The van der Waals surface area contributed by atoms with Crippen molar-refractivity contribution in [2.75, 3.05) is 6.61 Å². The molecule has 0 aliphatic heterocycles. The predicted molar refractivity (Wildman–Crippen MR) is 84.4 cm³/mol. The zero-order valence-corrected chi connectivity index (χ0v) is 13.8. The summed E-state index contributed by atoms with van der Waals surface area (Å²) in [6.07, 6.45) is 3.31. The van der Waals surface area contributed by atoms with Crippen molar-refractivity contribution in [1.82, 2.24) is 14.8 Å². The van der Waals surface area contributed by atoms with Gasteiger partial charge in [-0.25, -0.2) is 14.5 Å². The van der Waals surface area contributed by atoms with Gasteiger partial charge in [0.1, 0.15) is 4.60 Å². The Bertz CT molecular complexity index is 697. The van der Waals surface area contributed by atoms with Crippen LogP contribution in [0.15, 0.2) is 34.6 Å². The Kier molecular flexibility index (Phi) is 5.14. The first-order chi connectivity index (χ1) is 10.0. The molecule has 0 spiro atoms. The molecule has 0 saturated carbocycles. The first-order valence-corrected chi connectivity index (χ1v) is 7.42. The molecule has 2 aromatic heterocycles. The zero-order chi connectivity index (χ0) is 15.4. The van der Waals surface area contributed by atoms with E-state index in [2.05, 4.69) is 26.0 Å². The summed E-state index contributed by atoms with van der Waals surface area (Å²) in [5, 5.41) is 4.76. The number of halogens is 2. The van der Waals surface area contributed by atoms with E-state index in [0.29, 0.717) is 33.3 Å². The summed E-state index contributed by atoms with van der Waals surface area (Å²) in [5.74, 6) is 0.126. The highest BCUT2D eigenvalue weighted by atomic mass is 79.9. The maximum absolute atomic E-state index is 11.7. The predicted octanol–water partition coefficient (Wildman–Crippen LogP) is 3.65. The minimum absolute atomic E-state index is 0.332. The van der Waals surface area contributed by atoms with Crippen LogP contribution in [0, 0.1) is 0 Å². The smallest absolute Gasteiger partial charge is 0.333 e. The van der Waals surface area contributed by atoms with E-state index < -0.39 is 0 Å². The summed E-state index contributed by atoms with van der Waals surface area (Å²) >= 11 is 9.45. The average Bonchev–Trinajstić information content (AvgIpc) is 2.80. The van der Waals surface area contributed by atoms with E-state index in [-0.39, 0.29) is 5.97 Å². The monoisotopic (exact) mass is 369 g/mol. The number of rotatable bonds is 4. The Balaban J connectivity index is 2.45. The van der Waals surface area contributed by atoms with Gasteiger partial charge < -0.3 is 4.74 Å². The van der Waals surface area contributed by atoms with Gasteiger partial charge >= 0.3 is 5.97 Å². The van der Waals surface area contributed by atoms with Crippen LogP contribution >= 0.6 is 27.5 Å². The van der Waals surface area contributed by atoms with Crippen LogP contribution in [0.3, 0.4) is 0 Å². The number of carbonyl (C=O) groups is 1. The fourth-order valence-corrected chi connectivity index (χ4v) is 2.29. The topological polar surface area (TPSA) is 57.0 Å². The number of esters is 1. The fourth-order valence-electron chi connectivity index (χ4n) is 1.70. The van der Waals surface area contributed by atoms with Gasteiger partial charge in [-0.15, -0.1) is 0 Å². The van der Waals surface area contributed by atoms with Crippen LogP contribution in [0.2, 0.25) is 5.02 Å². The van der Waals surface area contributed by atoms with Crippen LogP contribution < -0.4 is 0 Å². The number of ether oxygens (including phenoxy) is 1. The second-order valence-corrected chi connectivity index (χ2v) is 5.38. The lowest BCUT2D eigenvalue weighted by Gasteiger charge is -2.06. The third kappa shape index (κ3) is 3.71. The van der Waals surface area contributed by atoms with Crippen molar-refractivity contribution in [3.63, 3.8) is 0 Å². The molecule has 0 atom stereocenters. The van der Waals surface area contributed by atoms with E-state index in [0.717, 1.165) is 0 Å². The molecule has 0 amide bonds. The molecule has 5 nitrogen and oxygen atoms in total. The van der Waals surface area contributed by atoms with Gasteiger partial charge in [0.15, 0.2) is 5.82 Å². The Morgan fingerprint density at radius 3 is 3.00 bits per heavy atom. The molecule has 2 heterocycles. The molecule has 0 unspecified atom stereocenters. The summed E-state index contributed by atoms with van der Waals surface area (Å²) in [5.41, 5.74) is 1.14. The number of pyridine rings is 1. The molecule has 0 fully saturated rings. The van der Waals surface area contributed by atoms with Crippen molar-refractivity contribution >= 4 is 39.6 Å². The van der Waals surface area contributed by atoms with E-state index in [9.17, 15) is 4.79 Å². The molecule has 0 aliphatic carbocycles. The molecule has 2 rings (SSSR count). The van der Waals surface area contributed by atoms with Gasteiger partial charge in [-0.2, -0.15) is 5.10 Å². The van der Waals surface area contributed by atoms with Crippen molar-refractivity contribution in [2.45, 2.75) is 13.8 Å². The molecule has 0 bridgehead atoms. The molecular formula is C14H13BrClN3O2. The molecule has 2 aromatic rings. The standard InChI is InChI=1S/C14H13BrClN3O2/c1-3-21-14(20)9(2)7-10-8-12(15)18-19(10)13-11(16)5-4-6-17-13/h4-8H,3H2,1-2H3/b9-7+. The van der Waals surface area contributed by atoms with Crippen LogP contribution in [-0.2, 0) is 9.53 Å². The second kappa shape index (κ2) is 6.87. The normalized spacial score (nSPS) is 11.5. The Morgan fingerprint density at radius 2 is 2.33 bits per heavy atom. The molecule has 0 aliphatic rings. The zero-order valence-electron chi connectivity index (χ0n) is 11.5. The number of aromatic nitrogens is 3. The van der Waals surface area contributed by atoms with Gasteiger partial charge in [-0.3, -0.25) is 0 Å². The molecule has 0 aromatic carbocycles. The summed E-state index contributed by atoms with van der Waals surface area (Å²) in [6.45, 7) is 3.78. The van der Waals surface area contributed by atoms with Crippen LogP contribution in [-0.4, -0.2) is 27.3 Å². The first-order valence-electron chi connectivity index (χ1n) is 6.24. The molecule has 110 valence electrons. The van der Waals surface area contributed by atoms with E-state index in [1.54, 1.807) is 49.0 Å². The van der Waals surface area contributed by atoms with E-state index in [1.807, 2.05) is 0 Å². The minimum Gasteiger partial charge on any atom is -0.463 e. The van der Waals surface area contributed by atoms with Gasteiger partial charge in [-0.05, 0) is 54.1 Å². The number of nitrogens with zero attached hydrogens (tertiary/aromatic N) is 3. The van der Waals surface area contributed by atoms with Crippen LogP contribution in [0.1, 0.15) is 19.5 Å². The Morgan fingerprint density at radius 1 is 1.57 bits per heavy atom. The van der Waals surface area contributed by atoms with Crippen LogP contribution in [0.4, 0.5) is 0 Å². The number of hydrogen-bond donors (Lipinski definition) is 0. The van der Waals surface area contributed by atoms with Crippen molar-refractivity contribution in [2.24, 2.45) is 0 Å². The molecular weight excluding hydrogens is 358 g/mol. The largest absolute Gasteiger partial charge is 0.463 e. The Hall–Kier alpha value is -1.66.